The number of rotatable bonds is 3. The van der Waals surface area contributed by atoms with Crippen molar-refractivity contribution in [3.05, 3.63) is 47.9 Å². The molecule has 0 aliphatic heterocycles. The monoisotopic (exact) mass is 213 g/mol. The lowest BCUT2D eigenvalue weighted by Gasteiger charge is -2.03. The maximum atomic E-state index is 5.52. The summed E-state index contributed by atoms with van der Waals surface area (Å²) in [7, 11) is 0. The molecule has 0 aliphatic carbocycles. The highest BCUT2D eigenvalue weighted by Gasteiger charge is 2.00. The number of nitrogens with two attached hydrogens (primary N) is 1. The van der Waals surface area contributed by atoms with E-state index in [0.717, 1.165) is 17.7 Å². The van der Waals surface area contributed by atoms with Crippen molar-refractivity contribution in [3.63, 3.8) is 0 Å². The molecule has 3 nitrogen and oxygen atoms in total. The van der Waals surface area contributed by atoms with E-state index in [0.29, 0.717) is 12.4 Å². The normalized spacial score (nSPS) is 10.4. The maximum Gasteiger partial charge on any atom is 0.142 e. The standard InChI is InChI=1S/C13H15N3/c1-2-10-3-5-11(6-4-10)12-7-8-15-13(9-14)16-12/h3-8H,2,9,14H2,1H3. The molecule has 0 saturated heterocycles. The van der Waals surface area contributed by atoms with Gasteiger partial charge in [0.15, 0.2) is 0 Å². The molecule has 0 spiro atoms. The minimum atomic E-state index is 0.376. The summed E-state index contributed by atoms with van der Waals surface area (Å²) < 4.78 is 0. The molecule has 2 N–H and O–H groups in total. The molecule has 0 unspecified atom stereocenters. The Hall–Kier alpha value is -1.74. The van der Waals surface area contributed by atoms with Crippen LogP contribution in [0.5, 0.6) is 0 Å². The van der Waals surface area contributed by atoms with Gasteiger partial charge >= 0.3 is 0 Å². The summed E-state index contributed by atoms with van der Waals surface area (Å²) in [6.07, 6.45) is 2.80. The van der Waals surface area contributed by atoms with Crippen LogP contribution in [0.1, 0.15) is 18.3 Å². The van der Waals surface area contributed by atoms with E-state index in [1.54, 1.807) is 6.20 Å². The molecule has 0 radical (unpaired) electrons. The van der Waals surface area contributed by atoms with Crippen LogP contribution in [0.2, 0.25) is 0 Å². The highest BCUT2D eigenvalue weighted by molar-refractivity contribution is 5.58. The fraction of sp³-hybridized carbons (Fsp3) is 0.231. The number of hydrogen-bond acceptors (Lipinski definition) is 3. The number of hydrogen-bond donors (Lipinski definition) is 1. The van der Waals surface area contributed by atoms with Crippen molar-refractivity contribution < 1.29 is 0 Å². The van der Waals surface area contributed by atoms with Gasteiger partial charge in [0.2, 0.25) is 0 Å². The van der Waals surface area contributed by atoms with Gasteiger partial charge in [-0.25, -0.2) is 9.97 Å². The van der Waals surface area contributed by atoms with Crippen molar-refractivity contribution in [2.45, 2.75) is 19.9 Å². The van der Waals surface area contributed by atoms with Crippen LogP contribution in [-0.4, -0.2) is 9.97 Å². The molecule has 1 heterocycles. The quantitative estimate of drug-likeness (QED) is 0.850. The minimum Gasteiger partial charge on any atom is -0.324 e. The zero-order chi connectivity index (χ0) is 11.4. The van der Waals surface area contributed by atoms with Crippen LogP contribution in [-0.2, 0) is 13.0 Å². The van der Waals surface area contributed by atoms with Crippen LogP contribution in [0.4, 0.5) is 0 Å². The van der Waals surface area contributed by atoms with Crippen LogP contribution < -0.4 is 5.73 Å². The van der Waals surface area contributed by atoms with E-state index >= 15 is 0 Å². The Morgan fingerprint density at radius 3 is 2.50 bits per heavy atom. The molecule has 0 aliphatic rings. The van der Waals surface area contributed by atoms with E-state index in [1.807, 2.05) is 6.07 Å². The van der Waals surface area contributed by atoms with Gasteiger partial charge in [0.25, 0.3) is 0 Å². The minimum absolute atomic E-state index is 0.376. The number of benzene rings is 1. The van der Waals surface area contributed by atoms with Crippen LogP contribution in [0.15, 0.2) is 36.5 Å². The molecule has 1 aromatic carbocycles. The Bertz CT molecular complexity index is 463. The maximum absolute atomic E-state index is 5.52. The number of aryl methyl sites for hydroxylation is 1. The summed E-state index contributed by atoms with van der Waals surface area (Å²) in [6.45, 7) is 2.52. The lowest BCUT2D eigenvalue weighted by atomic mass is 10.1. The predicted molar refractivity (Wildman–Crippen MR) is 64.7 cm³/mol. The van der Waals surface area contributed by atoms with E-state index in [-0.39, 0.29) is 0 Å². The third kappa shape index (κ3) is 2.25. The highest BCUT2D eigenvalue weighted by Crippen LogP contribution is 2.17. The van der Waals surface area contributed by atoms with E-state index in [4.69, 9.17) is 5.73 Å². The van der Waals surface area contributed by atoms with E-state index in [2.05, 4.69) is 41.2 Å². The Labute approximate surface area is 95.4 Å². The average molecular weight is 213 g/mol. The second-order valence-electron chi connectivity index (χ2n) is 3.61. The van der Waals surface area contributed by atoms with E-state index in [1.165, 1.54) is 5.56 Å². The van der Waals surface area contributed by atoms with Crippen molar-refractivity contribution in [2.24, 2.45) is 5.73 Å². The average Bonchev–Trinajstić information content (AvgIpc) is 2.39. The first kappa shape index (κ1) is 10.8. The van der Waals surface area contributed by atoms with Gasteiger partial charge in [0.1, 0.15) is 5.82 Å². The van der Waals surface area contributed by atoms with Gasteiger partial charge in [0, 0.05) is 11.8 Å². The largest absolute Gasteiger partial charge is 0.324 e. The third-order valence-electron chi connectivity index (χ3n) is 2.55. The van der Waals surface area contributed by atoms with Crippen LogP contribution in [0, 0.1) is 0 Å². The van der Waals surface area contributed by atoms with Gasteiger partial charge in [-0.05, 0) is 18.1 Å². The summed E-state index contributed by atoms with van der Waals surface area (Å²) >= 11 is 0. The first-order valence-electron chi connectivity index (χ1n) is 5.44. The molecule has 2 rings (SSSR count). The lowest BCUT2D eigenvalue weighted by Crippen LogP contribution is -2.02. The molecular formula is C13H15N3. The smallest absolute Gasteiger partial charge is 0.142 e. The zero-order valence-electron chi connectivity index (χ0n) is 9.35. The number of nitrogens with zero attached hydrogens (tertiary/aromatic N) is 2. The molecule has 0 bridgehead atoms. The molecule has 0 amide bonds. The van der Waals surface area contributed by atoms with Crippen LogP contribution >= 0.6 is 0 Å². The zero-order valence-corrected chi connectivity index (χ0v) is 9.35. The van der Waals surface area contributed by atoms with E-state index < -0.39 is 0 Å². The lowest BCUT2D eigenvalue weighted by molar-refractivity contribution is 0.912. The molecule has 1 aromatic heterocycles. The Kier molecular flexibility index (Phi) is 3.27. The molecular weight excluding hydrogens is 198 g/mol. The van der Waals surface area contributed by atoms with Crippen molar-refractivity contribution in [1.29, 1.82) is 0 Å². The Morgan fingerprint density at radius 2 is 1.88 bits per heavy atom. The van der Waals surface area contributed by atoms with Crippen molar-refractivity contribution >= 4 is 0 Å². The second-order valence-corrected chi connectivity index (χ2v) is 3.61. The van der Waals surface area contributed by atoms with E-state index in [9.17, 15) is 0 Å². The van der Waals surface area contributed by atoms with Crippen molar-refractivity contribution in [1.82, 2.24) is 9.97 Å². The molecule has 0 atom stereocenters. The fourth-order valence-corrected chi connectivity index (χ4v) is 1.57. The molecule has 16 heavy (non-hydrogen) atoms. The predicted octanol–water partition coefficient (Wildman–Crippen LogP) is 2.16. The molecule has 3 heteroatoms. The van der Waals surface area contributed by atoms with Gasteiger partial charge in [-0.3, -0.25) is 0 Å². The van der Waals surface area contributed by atoms with Gasteiger partial charge in [-0.2, -0.15) is 0 Å². The van der Waals surface area contributed by atoms with Crippen molar-refractivity contribution in [2.75, 3.05) is 0 Å². The first-order valence-corrected chi connectivity index (χ1v) is 5.44. The molecule has 2 aromatic rings. The van der Waals surface area contributed by atoms with Gasteiger partial charge in [0.05, 0.1) is 12.2 Å². The third-order valence-corrected chi connectivity index (χ3v) is 2.55. The number of aromatic nitrogens is 2. The van der Waals surface area contributed by atoms with Gasteiger partial charge < -0.3 is 5.73 Å². The summed E-state index contributed by atoms with van der Waals surface area (Å²) in [5.41, 5.74) is 8.88. The van der Waals surface area contributed by atoms with Crippen LogP contribution in [0.25, 0.3) is 11.3 Å². The summed E-state index contributed by atoms with van der Waals surface area (Å²) in [6, 6.07) is 10.3. The Morgan fingerprint density at radius 1 is 1.12 bits per heavy atom. The highest BCUT2D eigenvalue weighted by atomic mass is 14.9. The Balaban J connectivity index is 2.34. The SMILES string of the molecule is CCc1ccc(-c2ccnc(CN)n2)cc1. The topological polar surface area (TPSA) is 51.8 Å². The summed E-state index contributed by atoms with van der Waals surface area (Å²) in [5, 5.41) is 0. The van der Waals surface area contributed by atoms with Crippen molar-refractivity contribution in [3.8, 4) is 11.3 Å². The van der Waals surface area contributed by atoms with Gasteiger partial charge in [-0.15, -0.1) is 0 Å². The molecule has 0 fully saturated rings. The fourth-order valence-electron chi connectivity index (χ4n) is 1.57. The first-order chi connectivity index (χ1) is 7.83. The molecule has 0 saturated carbocycles. The van der Waals surface area contributed by atoms with Crippen LogP contribution in [0.3, 0.4) is 0 Å². The summed E-state index contributed by atoms with van der Waals surface area (Å²) in [4.78, 5) is 8.46. The molecule has 82 valence electrons. The summed E-state index contributed by atoms with van der Waals surface area (Å²) in [5.74, 6) is 0.678. The second kappa shape index (κ2) is 4.86. The van der Waals surface area contributed by atoms with Gasteiger partial charge in [-0.1, -0.05) is 31.2 Å².